The Morgan fingerprint density at radius 2 is 1.85 bits per heavy atom. The van der Waals surface area contributed by atoms with Crippen LogP contribution in [0.5, 0.6) is 0 Å². The molecular formula is C17H27N3. The van der Waals surface area contributed by atoms with Gasteiger partial charge in [-0.3, -0.25) is 16.2 Å². The van der Waals surface area contributed by atoms with E-state index in [1.54, 1.807) is 0 Å². The van der Waals surface area contributed by atoms with Crippen LogP contribution in [-0.2, 0) is 0 Å². The predicted octanol–water partition coefficient (Wildman–Crippen LogP) is 2.91. The number of hydrazine groups is 1. The van der Waals surface area contributed by atoms with Crippen molar-refractivity contribution in [1.29, 1.82) is 0 Å². The summed E-state index contributed by atoms with van der Waals surface area (Å²) < 4.78 is 0. The Morgan fingerprint density at radius 3 is 2.45 bits per heavy atom. The van der Waals surface area contributed by atoms with Gasteiger partial charge in [0.15, 0.2) is 0 Å². The van der Waals surface area contributed by atoms with Gasteiger partial charge in [-0.2, -0.15) is 0 Å². The van der Waals surface area contributed by atoms with Crippen LogP contribution in [0.25, 0.3) is 0 Å². The van der Waals surface area contributed by atoms with Crippen LogP contribution >= 0.6 is 0 Å². The maximum atomic E-state index is 6.01. The highest BCUT2D eigenvalue weighted by Gasteiger charge is 2.46. The maximum absolute atomic E-state index is 6.01. The normalized spacial score (nSPS) is 24.1. The molecule has 1 aliphatic heterocycles. The van der Waals surface area contributed by atoms with E-state index in [0.29, 0.717) is 0 Å². The van der Waals surface area contributed by atoms with E-state index in [0.717, 1.165) is 0 Å². The number of likely N-dealkylation sites (tertiary alicyclic amines) is 1. The molecule has 1 atom stereocenters. The number of aryl methyl sites for hydroxylation is 1. The summed E-state index contributed by atoms with van der Waals surface area (Å²) >= 11 is 0. The summed E-state index contributed by atoms with van der Waals surface area (Å²) in [6.45, 7) is 4.64. The molecule has 1 aliphatic carbocycles. The van der Waals surface area contributed by atoms with Crippen molar-refractivity contribution >= 4 is 0 Å². The molecule has 3 heteroatoms. The Labute approximate surface area is 122 Å². The second-order valence-corrected chi connectivity index (χ2v) is 6.52. The minimum Gasteiger partial charge on any atom is -0.296 e. The molecule has 2 aliphatic rings. The first kappa shape index (κ1) is 14.1. The largest absolute Gasteiger partial charge is 0.296 e. The van der Waals surface area contributed by atoms with E-state index in [2.05, 4.69) is 41.5 Å². The molecule has 1 aromatic rings. The molecule has 0 amide bonds. The molecule has 2 fully saturated rings. The highest BCUT2D eigenvalue weighted by atomic mass is 15.3. The molecular weight excluding hydrogens is 246 g/mol. The molecule has 110 valence electrons. The summed E-state index contributed by atoms with van der Waals surface area (Å²) in [5.41, 5.74) is 6.06. The standard InChI is InChI=1S/C17H27N3/c1-14-7-6-8-15(13-14)16(19-18)17(9-2-3-10-17)20-11-4-5-12-20/h6-8,13,16,19H,2-5,9-12,18H2,1H3. The van der Waals surface area contributed by atoms with Gasteiger partial charge >= 0.3 is 0 Å². The van der Waals surface area contributed by atoms with Crippen LogP contribution in [0.1, 0.15) is 55.7 Å². The summed E-state index contributed by atoms with van der Waals surface area (Å²) in [7, 11) is 0. The zero-order chi connectivity index (χ0) is 14.0. The van der Waals surface area contributed by atoms with Crippen LogP contribution in [-0.4, -0.2) is 23.5 Å². The van der Waals surface area contributed by atoms with E-state index in [-0.39, 0.29) is 11.6 Å². The quantitative estimate of drug-likeness (QED) is 0.654. The lowest BCUT2D eigenvalue weighted by Crippen LogP contribution is -2.55. The van der Waals surface area contributed by atoms with Crippen LogP contribution in [0.15, 0.2) is 24.3 Å². The third-order valence-corrected chi connectivity index (χ3v) is 5.28. The Kier molecular flexibility index (Phi) is 4.11. The van der Waals surface area contributed by atoms with Crippen molar-refractivity contribution in [1.82, 2.24) is 10.3 Å². The fraction of sp³-hybridized carbons (Fsp3) is 0.647. The molecule has 3 N–H and O–H groups in total. The molecule has 1 unspecified atom stereocenters. The van der Waals surface area contributed by atoms with Crippen molar-refractivity contribution in [3.8, 4) is 0 Å². The molecule has 1 heterocycles. The van der Waals surface area contributed by atoms with Gasteiger partial charge in [0.05, 0.1) is 6.04 Å². The van der Waals surface area contributed by atoms with Crippen molar-refractivity contribution in [2.75, 3.05) is 13.1 Å². The SMILES string of the molecule is Cc1cccc(C(NN)C2(N3CCCC3)CCCC2)c1. The van der Waals surface area contributed by atoms with Crippen molar-refractivity contribution < 1.29 is 0 Å². The van der Waals surface area contributed by atoms with Gasteiger partial charge in [-0.1, -0.05) is 42.7 Å². The Morgan fingerprint density at radius 1 is 1.15 bits per heavy atom. The molecule has 1 aromatic carbocycles. The lowest BCUT2D eigenvalue weighted by molar-refractivity contribution is 0.0764. The van der Waals surface area contributed by atoms with Crippen LogP contribution in [0, 0.1) is 6.92 Å². The van der Waals surface area contributed by atoms with E-state index in [1.165, 1.54) is 62.7 Å². The number of rotatable bonds is 4. The molecule has 0 radical (unpaired) electrons. The first-order chi connectivity index (χ1) is 9.76. The molecule has 0 aromatic heterocycles. The van der Waals surface area contributed by atoms with Gasteiger partial charge in [0, 0.05) is 5.54 Å². The summed E-state index contributed by atoms with van der Waals surface area (Å²) in [6.07, 6.45) is 7.90. The van der Waals surface area contributed by atoms with Crippen LogP contribution in [0.3, 0.4) is 0 Å². The van der Waals surface area contributed by atoms with Crippen molar-refractivity contribution in [2.24, 2.45) is 5.84 Å². The number of hydrogen-bond acceptors (Lipinski definition) is 3. The molecule has 0 bridgehead atoms. The van der Waals surface area contributed by atoms with Gasteiger partial charge in [0.1, 0.15) is 0 Å². The summed E-state index contributed by atoms with van der Waals surface area (Å²) in [4.78, 5) is 2.72. The number of nitrogens with one attached hydrogen (secondary N) is 1. The van der Waals surface area contributed by atoms with Gasteiger partial charge in [-0.25, -0.2) is 0 Å². The van der Waals surface area contributed by atoms with Gasteiger partial charge in [-0.15, -0.1) is 0 Å². The van der Waals surface area contributed by atoms with E-state index in [9.17, 15) is 0 Å². The number of nitrogens with zero attached hydrogens (tertiary/aromatic N) is 1. The van der Waals surface area contributed by atoms with Gasteiger partial charge in [-0.05, 0) is 51.3 Å². The maximum Gasteiger partial charge on any atom is 0.0644 e. The lowest BCUT2D eigenvalue weighted by atomic mass is 9.82. The van der Waals surface area contributed by atoms with Crippen LogP contribution in [0.4, 0.5) is 0 Å². The molecule has 3 rings (SSSR count). The first-order valence-corrected chi connectivity index (χ1v) is 8.04. The predicted molar refractivity (Wildman–Crippen MR) is 83.2 cm³/mol. The number of hydrogen-bond donors (Lipinski definition) is 2. The van der Waals surface area contributed by atoms with E-state index >= 15 is 0 Å². The molecule has 1 saturated heterocycles. The lowest BCUT2D eigenvalue weighted by Gasteiger charge is -2.45. The van der Waals surface area contributed by atoms with Crippen LogP contribution in [0.2, 0.25) is 0 Å². The Hall–Kier alpha value is -0.900. The van der Waals surface area contributed by atoms with Gasteiger partial charge in [0.25, 0.3) is 0 Å². The fourth-order valence-corrected chi connectivity index (χ4v) is 4.35. The molecule has 0 spiro atoms. The summed E-state index contributed by atoms with van der Waals surface area (Å²) in [5, 5.41) is 0. The Balaban J connectivity index is 1.95. The van der Waals surface area contributed by atoms with Gasteiger partial charge < -0.3 is 0 Å². The van der Waals surface area contributed by atoms with Crippen molar-refractivity contribution in [2.45, 2.75) is 57.0 Å². The first-order valence-electron chi connectivity index (χ1n) is 8.04. The third-order valence-electron chi connectivity index (χ3n) is 5.28. The molecule has 1 saturated carbocycles. The van der Waals surface area contributed by atoms with Crippen LogP contribution < -0.4 is 11.3 Å². The molecule has 20 heavy (non-hydrogen) atoms. The highest BCUT2D eigenvalue weighted by Crippen LogP contribution is 2.45. The number of benzene rings is 1. The molecule has 3 nitrogen and oxygen atoms in total. The Bertz CT molecular complexity index is 445. The monoisotopic (exact) mass is 273 g/mol. The summed E-state index contributed by atoms with van der Waals surface area (Å²) in [5.74, 6) is 6.01. The van der Waals surface area contributed by atoms with Crippen molar-refractivity contribution in [3.05, 3.63) is 35.4 Å². The zero-order valence-electron chi connectivity index (χ0n) is 12.6. The minimum atomic E-state index is 0.235. The smallest absolute Gasteiger partial charge is 0.0644 e. The van der Waals surface area contributed by atoms with E-state index in [1.807, 2.05) is 0 Å². The second-order valence-electron chi connectivity index (χ2n) is 6.52. The van der Waals surface area contributed by atoms with Crippen molar-refractivity contribution in [3.63, 3.8) is 0 Å². The number of nitrogens with two attached hydrogens (primary N) is 1. The van der Waals surface area contributed by atoms with Gasteiger partial charge in [0.2, 0.25) is 0 Å². The zero-order valence-corrected chi connectivity index (χ0v) is 12.6. The van der Waals surface area contributed by atoms with E-state index < -0.39 is 0 Å². The fourth-order valence-electron chi connectivity index (χ4n) is 4.35. The second kappa shape index (κ2) is 5.84. The topological polar surface area (TPSA) is 41.3 Å². The van der Waals surface area contributed by atoms with E-state index in [4.69, 9.17) is 5.84 Å². The minimum absolute atomic E-state index is 0.235. The summed E-state index contributed by atoms with van der Waals surface area (Å²) in [6, 6.07) is 9.09. The third kappa shape index (κ3) is 2.39. The average Bonchev–Trinajstić information content (AvgIpc) is 3.11. The average molecular weight is 273 g/mol. The highest BCUT2D eigenvalue weighted by molar-refractivity contribution is 5.28.